The predicted molar refractivity (Wildman–Crippen MR) is 54.3 cm³/mol. The fourth-order valence-electron chi connectivity index (χ4n) is 1.05. The number of anilines is 1. The molecule has 0 aromatic carbocycles. The van der Waals surface area contributed by atoms with E-state index in [1.807, 2.05) is 0 Å². The zero-order chi connectivity index (χ0) is 9.10. The molecule has 0 radical (unpaired) electrons. The summed E-state index contributed by atoms with van der Waals surface area (Å²) in [6, 6.07) is 1.71. The van der Waals surface area contributed by atoms with Crippen LogP contribution in [0.25, 0.3) is 0 Å². The summed E-state index contributed by atoms with van der Waals surface area (Å²) in [6.07, 6.45) is 3.20. The maximum Gasteiger partial charge on any atom is 0.232 e. The zero-order valence-corrected chi connectivity index (χ0v) is 8.25. The second kappa shape index (κ2) is 4.88. The molecule has 0 unspecified atom stereocenters. The van der Waals surface area contributed by atoms with Crippen LogP contribution >= 0.6 is 12.4 Å². The number of hydrogen-bond acceptors (Lipinski definition) is 4. The molecule has 1 aromatic rings. The second-order valence-electron chi connectivity index (χ2n) is 2.92. The van der Waals surface area contributed by atoms with Crippen molar-refractivity contribution in [2.75, 3.05) is 18.4 Å². The maximum absolute atomic E-state index is 11.4. The average Bonchev–Trinajstić information content (AvgIpc) is 2.02. The molecular weight excluding hydrogens is 204 g/mol. The van der Waals surface area contributed by atoms with Gasteiger partial charge in [0.1, 0.15) is 0 Å². The molecule has 14 heavy (non-hydrogen) atoms. The van der Waals surface area contributed by atoms with Crippen molar-refractivity contribution in [3.8, 4) is 0 Å². The van der Waals surface area contributed by atoms with Crippen LogP contribution in [0.2, 0.25) is 0 Å². The lowest BCUT2D eigenvalue weighted by Gasteiger charge is -2.25. The van der Waals surface area contributed by atoms with Gasteiger partial charge in [0.15, 0.2) is 0 Å². The Morgan fingerprint density at radius 2 is 2.07 bits per heavy atom. The van der Waals surface area contributed by atoms with E-state index in [-0.39, 0.29) is 24.2 Å². The van der Waals surface area contributed by atoms with Crippen molar-refractivity contribution in [2.45, 2.75) is 0 Å². The summed E-state index contributed by atoms with van der Waals surface area (Å²) in [6.45, 7) is 1.50. The smallest absolute Gasteiger partial charge is 0.232 e. The fraction of sp³-hybridized carbons (Fsp3) is 0.375. The van der Waals surface area contributed by atoms with Gasteiger partial charge in [-0.2, -0.15) is 0 Å². The molecule has 2 rings (SSSR count). The Kier molecular flexibility index (Phi) is 3.79. The molecule has 0 spiro atoms. The van der Waals surface area contributed by atoms with E-state index < -0.39 is 0 Å². The van der Waals surface area contributed by atoms with Crippen LogP contribution < -0.4 is 10.6 Å². The third-order valence-corrected chi connectivity index (χ3v) is 1.95. The summed E-state index contributed by atoms with van der Waals surface area (Å²) in [5.74, 6) is 0.438. The Labute approximate surface area is 87.7 Å². The fourth-order valence-corrected chi connectivity index (χ4v) is 1.05. The number of amides is 1. The molecule has 1 fully saturated rings. The van der Waals surface area contributed by atoms with Gasteiger partial charge in [0, 0.05) is 25.5 Å². The molecule has 1 saturated heterocycles. The van der Waals surface area contributed by atoms with Gasteiger partial charge in [-0.25, -0.2) is 9.97 Å². The van der Waals surface area contributed by atoms with Crippen LogP contribution in [0.1, 0.15) is 0 Å². The molecule has 5 nitrogen and oxygen atoms in total. The first-order valence-corrected chi connectivity index (χ1v) is 4.15. The number of carbonyl (C=O) groups is 1. The van der Waals surface area contributed by atoms with Crippen molar-refractivity contribution in [1.82, 2.24) is 15.3 Å². The summed E-state index contributed by atoms with van der Waals surface area (Å²) in [5.41, 5.74) is 0. The SMILES string of the molecule is Cl.O=C(Nc1ncccn1)C1CNC1. The number of hydrogen-bond donors (Lipinski definition) is 2. The minimum Gasteiger partial charge on any atom is -0.315 e. The summed E-state index contributed by atoms with van der Waals surface area (Å²) < 4.78 is 0. The van der Waals surface area contributed by atoms with E-state index in [0.29, 0.717) is 5.95 Å². The molecule has 1 aromatic heterocycles. The highest BCUT2D eigenvalue weighted by Crippen LogP contribution is 2.05. The number of halogens is 1. The number of nitrogens with one attached hydrogen (secondary N) is 2. The van der Waals surface area contributed by atoms with Gasteiger partial charge in [-0.1, -0.05) is 0 Å². The molecular formula is C8H11ClN4O. The summed E-state index contributed by atoms with van der Waals surface area (Å²) in [5, 5.41) is 5.67. The Morgan fingerprint density at radius 1 is 1.43 bits per heavy atom. The van der Waals surface area contributed by atoms with E-state index in [1.165, 1.54) is 0 Å². The highest BCUT2D eigenvalue weighted by atomic mass is 35.5. The van der Waals surface area contributed by atoms with E-state index in [0.717, 1.165) is 13.1 Å². The van der Waals surface area contributed by atoms with Gasteiger partial charge in [-0.3, -0.25) is 10.1 Å². The minimum atomic E-state index is -0.00931. The lowest BCUT2D eigenvalue weighted by atomic mass is 10.0. The lowest BCUT2D eigenvalue weighted by molar-refractivity contribution is -0.121. The van der Waals surface area contributed by atoms with Crippen molar-refractivity contribution in [3.63, 3.8) is 0 Å². The number of aromatic nitrogens is 2. The number of carbonyl (C=O) groups excluding carboxylic acids is 1. The standard InChI is InChI=1S/C8H10N4O.ClH/c13-7(6-4-9-5-6)12-8-10-2-1-3-11-8;/h1-3,6,9H,4-5H2,(H,10,11,12,13);1H. The Balaban J connectivity index is 0.000000980. The molecule has 0 bridgehead atoms. The van der Waals surface area contributed by atoms with Crippen molar-refractivity contribution in [1.29, 1.82) is 0 Å². The molecule has 2 heterocycles. The summed E-state index contributed by atoms with van der Waals surface area (Å²) in [4.78, 5) is 19.2. The first kappa shape index (κ1) is 10.9. The van der Waals surface area contributed by atoms with Gasteiger partial charge in [0.2, 0.25) is 11.9 Å². The molecule has 0 saturated carbocycles. The zero-order valence-electron chi connectivity index (χ0n) is 7.43. The molecule has 1 aliphatic rings. The second-order valence-corrected chi connectivity index (χ2v) is 2.92. The van der Waals surface area contributed by atoms with Crippen molar-refractivity contribution in [3.05, 3.63) is 18.5 Å². The van der Waals surface area contributed by atoms with Crippen LogP contribution in [0.15, 0.2) is 18.5 Å². The van der Waals surface area contributed by atoms with Gasteiger partial charge >= 0.3 is 0 Å². The molecule has 0 atom stereocenters. The molecule has 6 heteroatoms. The van der Waals surface area contributed by atoms with E-state index >= 15 is 0 Å². The largest absolute Gasteiger partial charge is 0.315 e. The Hall–Kier alpha value is -1.20. The highest BCUT2D eigenvalue weighted by Gasteiger charge is 2.25. The molecule has 1 aliphatic heterocycles. The van der Waals surface area contributed by atoms with Gasteiger partial charge in [-0.15, -0.1) is 12.4 Å². The lowest BCUT2D eigenvalue weighted by Crippen LogP contribution is -2.48. The third kappa shape index (κ3) is 2.40. The van der Waals surface area contributed by atoms with E-state index in [2.05, 4.69) is 20.6 Å². The molecule has 0 aliphatic carbocycles. The Bertz CT molecular complexity index is 301. The van der Waals surface area contributed by atoms with Crippen molar-refractivity contribution in [2.24, 2.45) is 5.92 Å². The first-order chi connectivity index (χ1) is 6.36. The maximum atomic E-state index is 11.4. The predicted octanol–water partition coefficient (Wildman–Crippen LogP) is 0.0563. The van der Waals surface area contributed by atoms with Gasteiger partial charge in [0.25, 0.3) is 0 Å². The summed E-state index contributed by atoms with van der Waals surface area (Å²) >= 11 is 0. The van der Waals surface area contributed by atoms with E-state index in [9.17, 15) is 4.79 Å². The first-order valence-electron chi connectivity index (χ1n) is 4.15. The average molecular weight is 215 g/mol. The van der Waals surface area contributed by atoms with E-state index in [1.54, 1.807) is 18.5 Å². The molecule has 1 amide bonds. The quantitative estimate of drug-likeness (QED) is 0.731. The molecule has 2 N–H and O–H groups in total. The number of nitrogens with zero attached hydrogens (tertiary/aromatic N) is 2. The summed E-state index contributed by atoms with van der Waals surface area (Å²) in [7, 11) is 0. The highest BCUT2D eigenvalue weighted by molar-refractivity contribution is 5.91. The van der Waals surface area contributed by atoms with Crippen LogP contribution in [0.5, 0.6) is 0 Å². The minimum absolute atomic E-state index is 0. The van der Waals surface area contributed by atoms with Crippen molar-refractivity contribution < 1.29 is 4.79 Å². The van der Waals surface area contributed by atoms with Gasteiger partial charge < -0.3 is 5.32 Å². The monoisotopic (exact) mass is 214 g/mol. The van der Waals surface area contributed by atoms with Crippen molar-refractivity contribution >= 4 is 24.3 Å². The normalized spacial score (nSPS) is 15.1. The molecule has 76 valence electrons. The van der Waals surface area contributed by atoms with E-state index in [4.69, 9.17) is 0 Å². The third-order valence-electron chi connectivity index (χ3n) is 1.95. The van der Waals surface area contributed by atoms with Gasteiger partial charge in [0.05, 0.1) is 5.92 Å². The van der Waals surface area contributed by atoms with Crippen LogP contribution in [-0.2, 0) is 4.79 Å². The van der Waals surface area contributed by atoms with Crippen LogP contribution in [-0.4, -0.2) is 29.0 Å². The Morgan fingerprint density at radius 3 is 2.57 bits per heavy atom. The topological polar surface area (TPSA) is 66.9 Å². The van der Waals surface area contributed by atoms with Crippen LogP contribution in [0.4, 0.5) is 5.95 Å². The number of rotatable bonds is 2. The van der Waals surface area contributed by atoms with Crippen LogP contribution in [0, 0.1) is 5.92 Å². The van der Waals surface area contributed by atoms with Gasteiger partial charge in [-0.05, 0) is 6.07 Å². The van der Waals surface area contributed by atoms with Crippen LogP contribution in [0.3, 0.4) is 0 Å².